The van der Waals surface area contributed by atoms with Gasteiger partial charge >= 0.3 is 7.69 Å². The zero-order valence-electron chi connectivity index (χ0n) is 5.55. The maximum Gasteiger partial charge on any atom is 0.504 e. The molecule has 0 aromatic heterocycles. The molecule has 1 N–H and O–H groups in total. The lowest BCUT2D eigenvalue weighted by atomic mass is 10.3. The summed E-state index contributed by atoms with van der Waals surface area (Å²) in [5, 5.41) is 8.24. The molecule has 0 spiro atoms. The summed E-state index contributed by atoms with van der Waals surface area (Å²) in [5.74, 6) is -1.82. The standard InChI is InChI=1S/C6H5BF2O2/c8-5-2-1-4(11-7-10)3-6(5)9/h1-3,7,10H. The molecule has 0 amide bonds. The van der Waals surface area contributed by atoms with Crippen molar-refractivity contribution >= 4 is 7.69 Å². The molecule has 1 aromatic carbocycles. The summed E-state index contributed by atoms with van der Waals surface area (Å²) in [4.78, 5) is 0. The molecule has 5 heteroatoms. The van der Waals surface area contributed by atoms with Gasteiger partial charge < -0.3 is 9.68 Å². The fraction of sp³-hybridized carbons (Fsp3) is 0. The van der Waals surface area contributed by atoms with Gasteiger partial charge in [0.05, 0.1) is 0 Å². The van der Waals surface area contributed by atoms with Crippen molar-refractivity contribution in [2.24, 2.45) is 0 Å². The van der Waals surface area contributed by atoms with Crippen molar-refractivity contribution in [1.29, 1.82) is 0 Å². The van der Waals surface area contributed by atoms with Crippen LogP contribution in [0.25, 0.3) is 0 Å². The predicted molar refractivity (Wildman–Crippen MR) is 36.4 cm³/mol. The fourth-order valence-corrected chi connectivity index (χ4v) is 0.641. The molecule has 0 saturated heterocycles. The van der Waals surface area contributed by atoms with Gasteiger partial charge in [0.25, 0.3) is 0 Å². The number of halogens is 2. The van der Waals surface area contributed by atoms with Crippen molar-refractivity contribution in [2.45, 2.75) is 0 Å². The van der Waals surface area contributed by atoms with E-state index in [0.29, 0.717) is 0 Å². The number of hydrogen-bond donors (Lipinski definition) is 1. The Kier molecular flexibility index (Phi) is 2.43. The third-order valence-corrected chi connectivity index (χ3v) is 1.12. The van der Waals surface area contributed by atoms with Crippen LogP contribution < -0.4 is 4.65 Å². The summed E-state index contributed by atoms with van der Waals surface area (Å²) in [5.41, 5.74) is 0. The molecule has 1 rings (SSSR count). The summed E-state index contributed by atoms with van der Waals surface area (Å²) in [7, 11) is -0.551. The lowest BCUT2D eigenvalue weighted by molar-refractivity contribution is 0.445. The first-order valence-electron chi connectivity index (χ1n) is 2.93. The van der Waals surface area contributed by atoms with Gasteiger partial charge in [0.1, 0.15) is 5.75 Å². The Balaban J connectivity index is 2.86. The fourth-order valence-electron chi connectivity index (χ4n) is 0.641. The van der Waals surface area contributed by atoms with Gasteiger partial charge in [-0.25, -0.2) is 8.78 Å². The highest BCUT2D eigenvalue weighted by molar-refractivity contribution is 6.17. The molecule has 0 fully saturated rings. The minimum absolute atomic E-state index is 0.103. The molecule has 0 aliphatic heterocycles. The largest absolute Gasteiger partial charge is 0.539 e. The third-order valence-electron chi connectivity index (χ3n) is 1.12. The molecular formula is C6H5BF2O2. The van der Waals surface area contributed by atoms with Crippen molar-refractivity contribution in [2.75, 3.05) is 0 Å². The zero-order chi connectivity index (χ0) is 8.27. The van der Waals surface area contributed by atoms with Crippen LogP contribution in [-0.2, 0) is 0 Å². The molecule has 0 unspecified atom stereocenters. The molecule has 0 radical (unpaired) electrons. The number of hydrogen-bond acceptors (Lipinski definition) is 2. The second-order valence-corrected chi connectivity index (χ2v) is 1.85. The normalized spacial score (nSPS) is 9.36. The van der Waals surface area contributed by atoms with E-state index in [1.807, 2.05) is 0 Å². The number of rotatable bonds is 2. The highest BCUT2D eigenvalue weighted by Gasteiger charge is 2.01. The smallest absolute Gasteiger partial charge is 0.504 e. The van der Waals surface area contributed by atoms with Gasteiger partial charge in [-0.3, -0.25) is 0 Å². The molecule has 2 nitrogen and oxygen atoms in total. The lowest BCUT2D eigenvalue weighted by Crippen LogP contribution is -2.00. The van der Waals surface area contributed by atoms with E-state index >= 15 is 0 Å². The lowest BCUT2D eigenvalue weighted by Gasteiger charge is -2.00. The average molecular weight is 158 g/mol. The molecule has 0 bridgehead atoms. The van der Waals surface area contributed by atoms with Gasteiger partial charge in [-0.05, 0) is 12.1 Å². The monoisotopic (exact) mass is 158 g/mol. The molecule has 0 saturated carbocycles. The van der Waals surface area contributed by atoms with Crippen LogP contribution >= 0.6 is 0 Å². The molecule has 0 aliphatic carbocycles. The minimum Gasteiger partial charge on any atom is -0.539 e. The molecule has 58 valence electrons. The summed E-state index contributed by atoms with van der Waals surface area (Å²) in [6.45, 7) is 0. The summed E-state index contributed by atoms with van der Waals surface area (Å²) < 4.78 is 29.1. The van der Waals surface area contributed by atoms with Crippen LogP contribution in [0.3, 0.4) is 0 Å². The zero-order valence-corrected chi connectivity index (χ0v) is 5.55. The van der Waals surface area contributed by atoms with Crippen LogP contribution in [0.1, 0.15) is 0 Å². The van der Waals surface area contributed by atoms with Crippen molar-refractivity contribution in [3.05, 3.63) is 29.8 Å². The van der Waals surface area contributed by atoms with Crippen LogP contribution in [0, 0.1) is 11.6 Å². The highest BCUT2D eigenvalue weighted by Crippen LogP contribution is 2.14. The first-order chi connectivity index (χ1) is 5.24. The summed E-state index contributed by atoms with van der Waals surface area (Å²) in [6.07, 6.45) is 0. The van der Waals surface area contributed by atoms with E-state index in [4.69, 9.17) is 5.02 Å². The summed E-state index contributed by atoms with van der Waals surface area (Å²) >= 11 is 0. The van der Waals surface area contributed by atoms with Gasteiger partial charge in [-0.2, -0.15) is 0 Å². The molecule has 11 heavy (non-hydrogen) atoms. The first-order valence-corrected chi connectivity index (χ1v) is 2.93. The maximum absolute atomic E-state index is 12.4. The van der Waals surface area contributed by atoms with Gasteiger partial charge in [0, 0.05) is 6.07 Å². The van der Waals surface area contributed by atoms with Gasteiger partial charge in [0.2, 0.25) is 0 Å². The summed E-state index contributed by atoms with van der Waals surface area (Å²) in [6, 6.07) is 3.03. The van der Waals surface area contributed by atoms with E-state index in [1.165, 1.54) is 6.07 Å². The Labute approximate surface area is 62.7 Å². The second kappa shape index (κ2) is 3.34. The van der Waals surface area contributed by atoms with Crippen LogP contribution in [-0.4, -0.2) is 12.7 Å². The Morgan fingerprint density at radius 3 is 2.55 bits per heavy atom. The topological polar surface area (TPSA) is 29.5 Å². The van der Waals surface area contributed by atoms with Crippen LogP contribution in [0.5, 0.6) is 5.75 Å². The van der Waals surface area contributed by atoms with Crippen LogP contribution in [0.4, 0.5) is 8.78 Å². The van der Waals surface area contributed by atoms with E-state index in [0.717, 1.165) is 12.1 Å². The average Bonchev–Trinajstić information content (AvgIpc) is 1.98. The Hall–Kier alpha value is -1.10. The van der Waals surface area contributed by atoms with E-state index in [9.17, 15) is 8.78 Å². The van der Waals surface area contributed by atoms with Gasteiger partial charge in [0.15, 0.2) is 11.6 Å². The molecular weight excluding hydrogens is 153 g/mol. The third kappa shape index (κ3) is 1.91. The van der Waals surface area contributed by atoms with E-state index in [1.54, 1.807) is 0 Å². The number of benzene rings is 1. The van der Waals surface area contributed by atoms with E-state index in [2.05, 4.69) is 4.65 Å². The maximum atomic E-state index is 12.4. The van der Waals surface area contributed by atoms with E-state index in [-0.39, 0.29) is 5.75 Å². The van der Waals surface area contributed by atoms with Crippen LogP contribution in [0.2, 0.25) is 0 Å². The SMILES string of the molecule is OBOc1ccc(F)c(F)c1. The second-order valence-electron chi connectivity index (χ2n) is 1.85. The van der Waals surface area contributed by atoms with Gasteiger partial charge in [-0.15, -0.1) is 0 Å². The Morgan fingerprint density at radius 1 is 1.27 bits per heavy atom. The van der Waals surface area contributed by atoms with Crippen molar-refractivity contribution in [3.63, 3.8) is 0 Å². The quantitative estimate of drug-likeness (QED) is 0.638. The van der Waals surface area contributed by atoms with Gasteiger partial charge in [-0.1, -0.05) is 0 Å². The molecule has 0 heterocycles. The molecule has 0 atom stereocenters. The Morgan fingerprint density at radius 2 is 2.00 bits per heavy atom. The molecule has 0 aliphatic rings. The minimum atomic E-state index is -0.990. The predicted octanol–water partition coefficient (Wildman–Crippen LogP) is 0.602. The first kappa shape index (κ1) is 8.01. The van der Waals surface area contributed by atoms with Crippen molar-refractivity contribution in [1.82, 2.24) is 0 Å². The highest BCUT2D eigenvalue weighted by atomic mass is 19.2. The Bertz CT molecular complexity index is 254. The van der Waals surface area contributed by atoms with Crippen molar-refractivity contribution < 1.29 is 18.5 Å². The van der Waals surface area contributed by atoms with E-state index < -0.39 is 19.3 Å². The van der Waals surface area contributed by atoms with Crippen molar-refractivity contribution in [3.8, 4) is 5.75 Å². The molecule has 1 aromatic rings. The van der Waals surface area contributed by atoms with Crippen LogP contribution in [0.15, 0.2) is 18.2 Å².